The number of nitrogens with one attached hydrogen (secondary N) is 1. The Hall–Kier alpha value is -1.89. The summed E-state index contributed by atoms with van der Waals surface area (Å²) in [6, 6.07) is 2.87. The molecule has 2 aromatic heterocycles. The fourth-order valence-electron chi connectivity index (χ4n) is 1.46. The number of hydrogen-bond acceptors (Lipinski definition) is 4. The largest absolute Gasteiger partial charge is 0.476 e. The van der Waals surface area contributed by atoms with E-state index in [0.717, 1.165) is 0 Å². The number of carboxylic acid groups (broad SMARTS) is 1. The Morgan fingerprint density at radius 1 is 1.10 bits per heavy atom. The minimum atomic E-state index is -1.28. The number of aromatic nitrogens is 2. The number of rotatable bonds is 3. The molecular weight excluding hydrogens is 341 g/mol. The first-order valence-corrected chi connectivity index (χ1v) is 6.54. The minimum Gasteiger partial charge on any atom is -0.476 e. The van der Waals surface area contributed by atoms with Crippen molar-refractivity contribution in [2.75, 3.05) is 5.32 Å². The standard InChI is InChI=1S/C12H6Cl3N3O3/c13-5-4-17-10(8(15)7(5)14)11(19)18-6-2-1-3-16-9(6)12(20)21/h1-4H,(H,18,19)(H,20,21). The lowest BCUT2D eigenvalue weighted by atomic mass is 10.2. The third-order valence-electron chi connectivity index (χ3n) is 2.39. The maximum Gasteiger partial charge on any atom is 0.356 e. The summed E-state index contributed by atoms with van der Waals surface area (Å²) in [7, 11) is 0. The maximum absolute atomic E-state index is 12.1. The predicted molar refractivity (Wildman–Crippen MR) is 78.4 cm³/mol. The van der Waals surface area contributed by atoms with E-state index in [4.69, 9.17) is 39.9 Å². The van der Waals surface area contributed by atoms with Gasteiger partial charge in [0.25, 0.3) is 5.91 Å². The Morgan fingerprint density at radius 2 is 1.81 bits per heavy atom. The molecule has 0 aromatic carbocycles. The highest BCUT2D eigenvalue weighted by Crippen LogP contribution is 2.31. The van der Waals surface area contributed by atoms with Crippen LogP contribution >= 0.6 is 34.8 Å². The van der Waals surface area contributed by atoms with E-state index < -0.39 is 11.9 Å². The molecule has 0 atom stereocenters. The Bertz CT molecular complexity index is 737. The third-order valence-corrected chi connectivity index (χ3v) is 3.63. The predicted octanol–water partition coefficient (Wildman–Crippen LogP) is 3.39. The van der Waals surface area contributed by atoms with Crippen LogP contribution in [0, 0.1) is 0 Å². The highest BCUT2D eigenvalue weighted by molar-refractivity contribution is 6.49. The fraction of sp³-hybridized carbons (Fsp3) is 0. The summed E-state index contributed by atoms with van der Waals surface area (Å²) in [5, 5.41) is 11.3. The number of carbonyl (C=O) groups excluding carboxylic acids is 1. The van der Waals surface area contributed by atoms with Crippen LogP contribution in [0.25, 0.3) is 0 Å². The summed E-state index contributed by atoms with van der Waals surface area (Å²) in [6.07, 6.45) is 2.47. The fourth-order valence-corrected chi connectivity index (χ4v) is 2.03. The highest BCUT2D eigenvalue weighted by atomic mass is 35.5. The molecule has 0 bridgehead atoms. The van der Waals surface area contributed by atoms with E-state index in [1.807, 2.05) is 0 Å². The first-order chi connectivity index (χ1) is 9.91. The highest BCUT2D eigenvalue weighted by Gasteiger charge is 2.19. The van der Waals surface area contributed by atoms with Crippen molar-refractivity contribution in [2.24, 2.45) is 0 Å². The van der Waals surface area contributed by atoms with E-state index in [0.29, 0.717) is 0 Å². The molecule has 0 saturated heterocycles. The van der Waals surface area contributed by atoms with Gasteiger partial charge in [0.15, 0.2) is 5.69 Å². The molecular formula is C12H6Cl3N3O3. The van der Waals surface area contributed by atoms with Crippen molar-refractivity contribution in [1.82, 2.24) is 9.97 Å². The zero-order valence-corrected chi connectivity index (χ0v) is 12.4. The topological polar surface area (TPSA) is 92.2 Å². The number of amides is 1. The van der Waals surface area contributed by atoms with Gasteiger partial charge < -0.3 is 10.4 Å². The van der Waals surface area contributed by atoms with Gasteiger partial charge in [0.1, 0.15) is 5.69 Å². The summed E-state index contributed by atoms with van der Waals surface area (Å²) < 4.78 is 0. The van der Waals surface area contributed by atoms with Crippen LogP contribution in [-0.4, -0.2) is 27.0 Å². The number of pyridine rings is 2. The van der Waals surface area contributed by atoms with Crippen LogP contribution in [0.4, 0.5) is 5.69 Å². The van der Waals surface area contributed by atoms with Gasteiger partial charge in [-0.1, -0.05) is 34.8 Å². The van der Waals surface area contributed by atoms with Gasteiger partial charge in [-0.05, 0) is 12.1 Å². The second-order valence-electron chi connectivity index (χ2n) is 3.74. The molecule has 6 nitrogen and oxygen atoms in total. The summed E-state index contributed by atoms with van der Waals surface area (Å²) in [5.41, 5.74) is -0.466. The van der Waals surface area contributed by atoms with Crippen LogP contribution in [0.5, 0.6) is 0 Å². The maximum atomic E-state index is 12.1. The molecule has 0 saturated carbocycles. The Kier molecular flexibility index (Phi) is 4.62. The molecule has 0 aliphatic heterocycles. The van der Waals surface area contributed by atoms with Gasteiger partial charge in [0.2, 0.25) is 0 Å². The molecule has 2 rings (SSSR count). The van der Waals surface area contributed by atoms with Gasteiger partial charge >= 0.3 is 5.97 Å². The van der Waals surface area contributed by atoms with Crippen molar-refractivity contribution in [1.29, 1.82) is 0 Å². The van der Waals surface area contributed by atoms with E-state index in [-0.39, 0.29) is 32.1 Å². The minimum absolute atomic E-state index is 0.0110. The van der Waals surface area contributed by atoms with Gasteiger partial charge in [-0.25, -0.2) is 14.8 Å². The molecule has 1 amide bonds. The zero-order valence-electron chi connectivity index (χ0n) is 10.1. The Balaban J connectivity index is 2.36. The summed E-state index contributed by atoms with van der Waals surface area (Å²) in [6.45, 7) is 0. The van der Waals surface area contributed by atoms with Crippen molar-refractivity contribution in [2.45, 2.75) is 0 Å². The van der Waals surface area contributed by atoms with Crippen LogP contribution in [-0.2, 0) is 0 Å². The number of anilines is 1. The number of carbonyl (C=O) groups is 2. The van der Waals surface area contributed by atoms with E-state index in [1.165, 1.54) is 24.5 Å². The quantitative estimate of drug-likeness (QED) is 0.888. The second kappa shape index (κ2) is 6.26. The lowest BCUT2D eigenvalue weighted by Crippen LogP contribution is -2.17. The SMILES string of the molecule is O=C(O)c1ncccc1NC(=O)c1ncc(Cl)c(Cl)c1Cl. The normalized spacial score (nSPS) is 10.2. The molecule has 2 aromatic rings. The van der Waals surface area contributed by atoms with Crippen molar-refractivity contribution >= 4 is 52.4 Å². The first kappa shape index (κ1) is 15.5. The number of aromatic carboxylic acids is 1. The van der Waals surface area contributed by atoms with Crippen LogP contribution < -0.4 is 5.32 Å². The number of nitrogens with zero attached hydrogens (tertiary/aromatic N) is 2. The number of carboxylic acids is 1. The van der Waals surface area contributed by atoms with Gasteiger partial charge in [0, 0.05) is 12.4 Å². The molecule has 21 heavy (non-hydrogen) atoms. The van der Waals surface area contributed by atoms with Gasteiger partial charge in [0.05, 0.1) is 20.8 Å². The molecule has 0 radical (unpaired) electrons. The molecule has 0 aliphatic rings. The molecule has 2 heterocycles. The van der Waals surface area contributed by atoms with Gasteiger partial charge in [-0.2, -0.15) is 0 Å². The lowest BCUT2D eigenvalue weighted by molar-refractivity contribution is 0.0692. The molecule has 108 valence electrons. The molecule has 0 aliphatic carbocycles. The van der Waals surface area contributed by atoms with Crippen LogP contribution in [0.15, 0.2) is 24.5 Å². The van der Waals surface area contributed by atoms with Crippen molar-refractivity contribution in [3.05, 3.63) is 51.0 Å². The Labute approximate surface area is 133 Å². The summed E-state index contributed by atoms with van der Waals surface area (Å²) in [5.74, 6) is -2.01. The summed E-state index contributed by atoms with van der Waals surface area (Å²) in [4.78, 5) is 30.5. The van der Waals surface area contributed by atoms with E-state index in [2.05, 4.69) is 15.3 Å². The average Bonchev–Trinajstić information content (AvgIpc) is 2.45. The van der Waals surface area contributed by atoms with Gasteiger partial charge in [-0.15, -0.1) is 0 Å². The van der Waals surface area contributed by atoms with E-state index >= 15 is 0 Å². The lowest BCUT2D eigenvalue weighted by Gasteiger charge is -2.09. The third kappa shape index (κ3) is 3.24. The van der Waals surface area contributed by atoms with Crippen molar-refractivity contribution in [3.8, 4) is 0 Å². The van der Waals surface area contributed by atoms with E-state index in [9.17, 15) is 9.59 Å². The average molecular weight is 347 g/mol. The molecule has 0 unspecified atom stereocenters. The van der Waals surface area contributed by atoms with E-state index in [1.54, 1.807) is 0 Å². The number of hydrogen-bond donors (Lipinski definition) is 2. The zero-order chi connectivity index (χ0) is 15.6. The van der Waals surface area contributed by atoms with Crippen LogP contribution in [0.1, 0.15) is 21.0 Å². The molecule has 0 spiro atoms. The molecule has 0 fully saturated rings. The smallest absolute Gasteiger partial charge is 0.356 e. The second-order valence-corrected chi connectivity index (χ2v) is 4.90. The van der Waals surface area contributed by atoms with Gasteiger partial charge in [-0.3, -0.25) is 4.79 Å². The van der Waals surface area contributed by atoms with Crippen molar-refractivity contribution in [3.63, 3.8) is 0 Å². The Morgan fingerprint density at radius 3 is 2.48 bits per heavy atom. The monoisotopic (exact) mass is 345 g/mol. The van der Waals surface area contributed by atoms with Crippen LogP contribution in [0.3, 0.4) is 0 Å². The van der Waals surface area contributed by atoms with Crippen molar-refractivity contribution < 1.29 is 14.7 Å². The summed E-state index contributed by atoms with van der Waals surface area (Å²) >= 11 is 17.4. The molecule has 2 N–H and O–H groups in total. The number of halogens is 3. The van der Waals surface area contributed by atoms with Crippen LogP contribution in [0.2, 0.25) is 15.1 Å². The first-order valence-electron chi connectivity index (χ1n) is 5.41. The molecule has 9 heteroatoms.